The molecule has 0 aromatic rings. The van der Waals surface area contributed by atoms with Crippen molar-refractivity contribution in [2.45, 2.75) is 52.0 Å². The topological polar surface area (TPSA) is 15.3 Å². The second-order valence-electron chi connectivity index (χ2n) is 5.78. The van der Waals surface area contributed by atoms with E-state index < -0.39 is 0 Å². The molecule has 2 rings (SSSR count). The predicted octanol–water partition coefficient (Wildman–Crippen LogP) is 2.50. The maximum absolute atomic E-state index is 3.77. The van der Waals surface area contributed by atoms with Gasteiger partial charge in [-0.3, -0.25) is 0 Å². The van der Waals surface area contributed by atoms with Crippen molar-refractivity contribution in [3.05, 3.63) is 0 Å². The highest BCUT2D eigenvalue weighted by Crippen LogP contribution is 2.30. The fourth-order valence-corrected chi connectivity index (χ4v) is 2.74. The van der Waals surface area contributed by atoms with E-state index in [1.54, 1.807) is 0 Å². The number of likely N-dealkylation sites (tertiary alicyclic amines) is 1. The van der Waals surface area contributed by atoms with Crippen LogP contribution in [0, 0.1) is 11.8 Å². The van der Waals surface area contributed by atoms with Gasteiger partial charge in [-0.15, -0.1) is 0 Å². The van der Waals surface area contributed by atoms with Crippen LogP contribution in [0.2, 0.25) is 0 Å². The van der Waals surface area contributed by atoms with Gasteiger partial charge < -0.3 is 10.2 Å². The smallest absolute Gasteiger partial charge is 0.0207 e. The van der Waals surface area contributed by atoms with E-state index in [1.165, 1.54) is 58.3 Å². The lowest BCUT2D eigenvalue weighted by Crippen LogP contribution is -2.36. The Labute approximate surface area is 101 Å². The van der Waals surface area contributed by atoms with Crippen LogP contribution in [0.3, 0.4) is 0 Å². The highest BCUT2D eigenvalue weighted by molar-refractivity contribution is 4.85. The molecule has 0 radical (unpaired) electrons. The molecule has 2 heteroatoms. The summed E-state index contributed by atoms with van der Waals surface area (Å²) in [4.78, 5) is 2.67. The molecular weight excluding hydrogens is 196 g/mol. The normalized spacial score (nSPS) is 26.8. The molecule has 0 aromatic heterocycles. The van der Waals surface area contributed by atoms with Gasteiger partial charge in [-0.25, -0.2) is 0 Å². The van der Waals surface area contributed by atoms with Gasteiger partial charge in [0.1, 0.15) is 0 Å². The van der Waals surface area contributed by atoms with Crippen LogP contribution < -0.4 is 5.32 Å². The van der Waals surface area contributed by atoms with Crippen LogP contribution in [0.4, 0.5) is 0 Å². The summed E-state index contributed by atoms with van der Waals surface area (Å²) in [5, 5.41) is 3.77. The summed E-state index contributed by atoms with van der Waals surface area (Å²) >= 11 is 0. The van der Waals surface area contributed by atoms with Crippen molar-refractivity contribution >= 4 is 0 Å². The summed E-state index contributed by atoms with van der Waals surface area (Å²) in [7, 11) is 0. The van der Waals surface area contributed by atoms with Crippen LogP contribution in [-0.2, 0) is 0 Å². The summed E-state index contributed by atoms with van der Waals surface area (Å²) in [6.45, 7) is 9.86. The Morgan fingerprint density at radius 1 is 1.19 bits per heavy atom. The summed E-state index contributed by atoms with van der Waals surface area (Å²) in [6.07, 6.45) is 6.99. The number of hydrogen-bond donors (Lipinski definition) is 1. The monoisotopic (exact) mass is 224 g/mol. The van der Waals surface area contributed by atoms with Crippen molar-refractivity contribution in [3.8, 4) is 0 Å². The fraction of sp³-hybridized carbons (Fsp3) is 1.00. The van der Waals surface area contributed by atoms with Gasteiger partial charge in [-0.05, 0) is 44.2 Å². The maximum Gasteiger partial charge on any atom is 0.0207 e. The van der Waals surface area contributed by atoms with E-state index in [9.17, 15) is 0 Å². The molecule has 1 saturated carbocycles. The van der Waals surface area contributed by atoms with Crippen LogP contribution in [0.1, 0.15) is 46.0 Å². The van der Waals surface area contributed by atoms with Crippen LogP contribution >= 0.6 is 0 Å². The molecule has 94 valence electrons. The fourth-order valence-electron chi connectivity index (χ4n) is 2.74. The summed E-state index contributed by atoms with van der Waals surface area (Å²) in [5.74, 6) is 1.94. The molecule has 2 fully saturated rings. The molecule has 2 aliphatic rings. The lowest BCUT2D eigenvalue weighted by Gasteiger charge is -2.19. The minimum atomic E-state index is 0.777. The van der Waals surface area contributed by atoms with Gasteiger partial charge in [0, 0.05) is 19.1 Å². The molecule has 0 bridgehead atoms. The minimum absolute atomic E-state index is 0.777. The highest BCUT2D eigenvalue weighted by atomic mass is 15.2. The van der Waals surface area contributed by atoms with Crippen molar-refractivity contribution in [1.29, 1.82) is 0 Å². The first kappa shape index (κ1) is 12.4. The molecule has 1 aliphatic carbocycles. The number of nitrogens with zero attached hydrogens (tertiary/aromatic N) is 1. The largest absolute Gasteiger partial charge is 0.312 e. The third kappa shape index (κ3) is 3.74. The Hall–Kier alpha value is -0.0800. The predicted molar refractivity (Wildman–Crippen MR) is 69.6 cm³/mol. The Bertz CT molecular complexity index is 197. The zero-order chi connectivity index (χ0) is 11.4. The second-order valence-corrected chi connectivity index (χ2v) is 5.78. The third-order valence-electron chi connectivity index (χ3n) is 4.34. The molecule has 1 aliphatic heterocycles. The van der Waals surface area contributed by atoms with Gasteiger partial charge in [-0.1, -0.05) is 26.7 Å². The van der Waals surface area contributed by atoms with E-state index in [1.807, 2.05) is 0 Å². The van der Waals surface area contributed by atoms with E-state index in [-0.39, 0.29) is 0 Å². The maximum atomic E-state index is 3.77. The van der Waals surface area contributed by atoms with Gasteiger partial charge in [-0.2, -0.15) is 0 Å². The Morgan fingerprint density at radius 2 is 1.94 bits per heavy atom. The van der Waals surface area contributed by atoms with Crippen molar-refractivity contribution < 1.29 is 0 Å². The first-order chi connectivity index (χ1) is 7.81. The molecule has 1 heterocycles. The molecule has 2 nitrogen and oxygen atoms in total. The van der Waals surface area contributed by atoms with E-state index in [4.69, 9.17) is 0 Å². The van der Waals surface area contributed by atoms with E-state index in [2.05, 4.69) is 24.1 Å². The number of hydrogen-bond acceptors (Lipinski definition) is 2. The summed E-state index contributed by atoms with van der Waals surface area (Å²) < 4.78 is 0. The van der Waals surface area contributed by atoms with Crippen molar-refractivity contribution in [3.63, 3.8) is 0 Å². The lowest BCUT2D eigenvalue weighted by atomic mass is 10.0. The SMILES string of the molecule is CCC(CC)CNC1CCN(CC2CC2)C1. The van der Waals surface area contributed by atoms with Gasteiger partial charge in [0.2, 0.25) is 0 Å². The van der Waals surface area contributed by atoms with Crippen molar-refractivity contribution in [2.75, 3.05) is 26.2 Å². The first-order valence-electron chi connectivity index (χ1n) is 7.27. The van der Waals surface area contributed by atoms with Crippen LogP contribution in [0.15, 0.2) is 0 Å². The minimum Gasteiger partial charge on any atom is -0.312 e. The van der Waals surface area contributed by atoms with Crippen molar-refractivity contribution in [2.24, 2.45) is 11.8 Å². The van der Waals surface area contributed by atoms with Crippen LogP contribution in [0.25, 0.3) is 0 Å². The zero-order valence-electron chi connectivity index (χ0n) is 11.0. The quantitative estimate of drug-likeness (QED) is 0.715. The first-order valence-corrected chi connectivity index (χ1v) is 7.27. The molecule has 0 aromatic carbocycles. The van der Waals surface area contributed by atoms with E-state index in [0.29, 0.717) is 0 Å². The molecule has 0 spiro atoms. The highest BCUT2D eigenvalue weighted by Gasteiger charge is 2.28. The van der Waals surface area contributed by atoms with E-state index >= 15 is 0 Å². The van der Waals surface area contributed by atoms with Crippen LogP contribution in [0.5, 0.6) is 0 Å². The Morgan fingerprint density at radius 3 is 2.56 bits per heavy atom. The molecule has 1 atom stereocenters. The van der Waals surface area contributed by atoms with Gasteiger partial charge >= 0.3 is 0 Å². The molecule has 1 N–H and O–H groups in total. The van der Waals surface area contributed by atoms with Gasteiger partial charge in [0.15, 0.2) is 0 Å². The standard InChI is InChI=1S/C14H28N2/c1-3-12(4-2)9-15-14-7-8-16(11-14)10-13-5-6-13/h12-15H,3-11H2,1-2H3. The van der Waals surface area contributed by atoms with Gasteiger partial charge in [0.05, 0.1) is 0 Å². The molecule has 0 amide bonds. The molecule has 16 heavy (non-hydrogen) atoms. The Kier molecular flexibility index (Phi) is 4.66. The Balaban J connectivity index is 1.60. The molecule has 1 unspecified atom stereocenters. The number of nitrogens with one attached hydrogen (secondary N) is 1. The van der Waals surface area contributed by atoms with Gasteiger partial charge in [0.25, 0.3) is 0 Å². The second kappa shape index (κ2) is 6.02. The van der Waals surface area contributed by atoms with Crippen LogP contribution in [-0.4, -0.2) is 37.1 Å². The number of rotatable bonds is 7. The average Bonchev–Trinajstić information content (AvgIpc) is 2.99. The van der Waals surface area contributed by atoms with E-state index in [0.717, 1.165) is 17.9 Å². The average molecular weight is 224 g/mol. The third-order valence-corrected chi connectivity index (χ3v) is 4.34. The van der Waals surface area contributed by atoms with Crippen molar-refractivity contribution in [1.82, 2.24) is 10.2 Å². The summed E-state index contributed by atoms with van der Waals surface area (Å²) in [5.41, 5.74) is 0. The zero-order valence-corrected chi connectivity index (χ0v) is 11.0. The molecular formula is C14H28N2. The summed E-state index contributed by atoms with van der Waals surface area (Å²) in [6, 6.07) is 0.777. The molecule has 1 saturated heterocycles. The lowest BCUT2D eigenvalue weighted by molar-refractivity contribution is 0.310.